The number of amides is 2. The summed E-state index contributed by atoms with van der Waals surface area (Å²) in [6.45, 7) is 3.77. The molecule has 0 saturated carbocycles. The van der Waals surface area contributed by atoms with Gasteiger partial charge in [-0.2, -0.15) is 0 Å². The Morgan fingerprint density at radius 1 is 1.19 bits per heavy atom. The summed E-state index contributed by atoms with van der Waals surface area (Å²) in [5.41, 5.74) is 0.975. The normalized spacial score (nSPS) is 12.4. The minimum absolute atomic E-state index is 0.103. The third-order valence-corrected chi connectivity index (χ3v) is 3.68. The lowest BCUT2D eigenvalue weighted by Gasteiger charge is -2.19. The van der Waals surface area contributed by atoms with Gasteiger partial charge in [0, 0.05) is 25.1 Å². The van der Waals surface area contributed by atoms with Crippen LogP contribution in [0.3, 0.4) is 0 Å². The molecule has 1 aromatic carbocycles. The Hall–Kier alpha value is -2.83. The van der Waals surface area contributed by atoms with E-state index in [9.17, 15) is 14.4 Å². The van der Waals surface area contributed by atoms with Gasteiger partial charge in [-0.25, -0.2) is 4.79 Å². The lowest BCUT2D eigenvalue weighted by Crippen LogP contribution is -2.47. The number of carbonyl (C=O) groups is 3. The van der Waals surface area contributed by atoms with Crippen molar-refractivity contribution in [2.24, 2.45) is 5.92 Å². The molecule has 0 fully saturated rings. The van der Waals surface area contributed by atoms with Crippen molar-refractivity contribution in [3.8, 4) is 5.75 Å². The Morgan fingerprint density at radius 2 is 1.81 bits per heavy atom. The van der Waals surface area contributed by atoms with Crippen LogP contribution in [0.25, 0.3) is 0 Å². The quantitative estimate of drug-likeness (QED) is 0.578. The first-order chi connectivity index (χ1) is 12.3. The van der Waals surface area contributed by atoms with E-state index in [4.69, 9.17) is 9.84 Å². The average Bonchev–Trinajstić information content (AvgIpc) is 2.59. The van der Waals surface area contributed by atoms with Gasteiger partial charge in [0.05, 0.1) is 7.11 Å². The van der Waals surface area contributed by atoms with Crippen molar-refractivity contribution in [2.75, 3.05) is 14.2 Å². The molecule has 1 aromatic rings. The van der Waals surface area contributed by atoms with Crippen molar-refractivity contribution in [2.45, 2.75) is 32.7 Å². The number of benzene rings is 1. The van der Waals surface area contributed by atoms with E-state index >= 15 is 0 Å². The molecule has 0 unspecified atom stereocenters. The van der Waals surface area contributed by atoms with E-state index < -0.39 is 17.9 Å². The van der Waals surface area contributed by atoms with Crippen LogP contribution in [0, 0.1) is 5.92 Å². The molecule has 0 aliphatic heterocycles. The van der Waals surface area contributed by atoms with Gasteiger partial charge >= 0.3 is 5.97 Å². The van der Waals surface area contributed by atoms with E-state index in [1.807, 2.05) is 26.0 Å². The fourth-order valence-electron chi connectivity index (χ4n) is 2.44. The summed E-state index contributed by atoms with van der Waals surface area (Å²) in [6.07, 6.45) is 1.47. The summed E-state index contributed by atoms with van der Waals surface area (Å²) >= 11 is 0. The van der Waals surface area contributed by atoms with E-state index in [2.05, 4.69) is 10.6 Å². The molecule has 2 amide bonds. The van der Waals surface area contributed by atoms with Crippen molar-refractivity contribution in [3.05, 3.63) is 41.5 Å². The van der Waals surface area contributed by atoms with Crippen LogP contribution in [0.2, 0.25) is 0 Å². The molecule has 0 aliphatic carbocycles. The fourth-order valence-corrected chi connectivity index (χ4v) is 2.44. The third-order valence-electron chi connectivity index (χ3n) is 3.68. The van der Waals surface area contributed by atoms with E-state index in [-0.39, 0.29) is 23.8 Å². The minimum Gasteiger partial charge on any atom is -0.497 e. The van der Waals surface area contributed by atoms with Crippen LogP contribution in [0.5, 0.6) is 5.75 Å². The maximum absolute atomic E-state index is 12.5. The number of ether oxygens (including phenoxy) is 1. The predicted molar refractivity (Wildman–Crippen MR) is 97.9 cm³/mol. The molecule has 0 aliphatic rings. The monoisotopic (exact) mass is 362 g/mol. The number of carboxylic acid groups (broad SMARTS) is 1. The maximum atomic E-state index is 12.5. The topological polar surface area (TPSA) is 105 Å². The van der Waals surface area contributed by atoms with Gasteiger partial charge < -0.3 is 20.5 Å². The van der Waals surface area contributed by atoms with Crippen LogP contribution in [0.1, 0.15) is 25.8 Å². The second-order valence-corrected chi connectivity index (χ2v) is 6.30. The standard InChI is InChI=1S/C19H26N2O5/c1-12(2)9-14(11-17(22)23)18(24)21-16(19(25)20-3)10-13-5-7-15(26-4)8-6-13/h5-8,11-12,16H,9-10H2,1-4H3,(H,20,25)(H,21,24)(H,22,23)/b14-11+/t16-/m0/s1. The van der Waals surface area contributed by atoms with Gasteiger partial charge in [0.25, 0.3) is 0 Å². The smallest absolute Gasteiger partial charge is 0.328 e. The van der Waals surface area contributed by atoms with Gasteiger partial charge in [0.2, 0.25) is 11.8 Å². The molecule has 7 nitrogen and oxygen atoms in total. The first kappa shape index (κ1) is 21.2. The van der Waals surface area contributed by atoms with Gasteiger partial charge in [-0.1, -0.05) is 26.0 Å². The Bertz CT molecular complexity index is 665. The highest BCUT2D eigenvalue weighted by Crippen LogP contribution is 2.14. The van der Waals surface area contributed by atoms with Crippen molar-refractivity contribution < 1.29 is 24.2 Å². The highest BCUT2D eigenvalue weighted by atomic mass is 16.5. The molecular formula is C19H26N2O5. The summed E-state index contributed by atoms with van der Waals surface area (Å²) in [5.74, 6) is -1.30. The minimum atomic E-state index is -1.19. The molecule has 7 heteroatoms. The summed E-state index contributed by atoms with van der Waals surface area (Å²) < 4.78 is 5.10. The zero-order valence-corrected chi connectivity index (χ0v) is 15.5. The number of hydrogen-bond donors (Lipinski definition) is 3. The Labute approximate surface area is 153 Å². The van der Waals surface area contributed by atoms with E-state index in [0.29, 0.717) is 12.2 Å². The van der Waals surface area contributed by atoms with Crippen molar-refractivity contribution >= 4 is 17.8 Å². The number of hydrogen-bond acceptors (Lipinski definition) is 4. The molecule has 0 aromatic heterocycles. The van der Waals surface area contributed by atoms with Gasteiger partial charge in [-0.15, -0.1) is 0 Å². The van der Waals surface area contributed by atoms with E-state index in [0.717, 1.165) is 11.6 Å². The molecule has 26 heavy (non-hydrogen) atoms. The first-order valence-corrected chi connectivity index (χ1v) is 8.35. The number of aliphatic carboxylic acids is 1. The van der Waals surface area contributed by atoms with Crippen molar-refractivity contribution in [1.82, 2.24) is 10.6 Å². The summed E-state index contributed by atoms with van der Waals surface area (Å²) in [4.78, 5) is 35.6. The Morgan fingerprint density at radius 3 is 2.27 bits per heavy atom. The molecule has 1 atom stereocenters. The number of carbonyl (C=O) groups excluding carboxylic acids is 2. The molecule has 0 saturated heterocycles. The highest BCUT2D eigenvalue weighted by molar-refractivity contribution is 6.01. The second kappa shape index (κ2) is 10.2. The van der Waals surface area contributed by atoms with Gasteiger partial charge in [-0.05, 0) is 30.0 Å². The molecule has 142 valence electrons. The molecule has 0 spiro atoms. The first-order valence-electron chi connectivity index (χ1n) is 8.35. The predicted octanol–water partition coefficient (Wildman–Crippen LogP) is 1.53. The number of carboxylic acids is 1. The lowest BCUT2D eigenvalue weighted by molar-refractivity contribution is -0.132. The Kier molecular flexibility index (Phi) is 8.34. The van der Waals surface area contributed by atoms with Gasteiger partial charge in [-0.3, -0.25) is 9.59 Å². The molecule has 0 bridgehead atoms. The number of nitrogens with one attached hydrogen (secondary N) is 2. The molecule has 1 rings (SSSR count). The van der Waals surface area contributed by atoms with Crippen LogP contribution >= 0.6 is 0 Å². The van der Waals surface area contributed by atoms with E-state index in [1.165, 1.54) is 7.05 Å². The molecule has 0 heterocycles. The average molecular weight is 362 g/mol. The van der Waals surface area contributed by atoms with Crippen molar-refractivity contribution in [3.63, 3.8) is 0 Å². The van der Waals surface area contributed by atoms with Crippen LogP contribution in [-0.4, -0.2) is 43.1 Å². The lowest BCUT2D eigenvalue weighted by atomic mass is 10.0. The maximum Gasteiger partial charge on any atom is 0.328 e. The zero-order chi connectivity index (χ0) is 19.7. The molecule has 3 N–H and O–H groups in total. The zero-order valence-electron chi connectivity index (χ0n) is 15.5. The fraction of sp³-hybridized carbons (Fsp3) is 0.421. The van der Waals surface area contributed by atoms with Gasteiger partial charge in [0.1, 0.15) is 11.8 Å². The summed E-state index contributed by atoms with van der Waals surface area (Å²) in [7, 11) is 3.05. The largest absolute Gasteiger partial charge is 0.497 e. The highest BCUT2D eigenvalue weighted by Gasteiger charge is 2.23. The number of likely N-dealkylation sites (N-methyl/N-ethyl adjacent to an activating group) is 1. The summed E-state index contributed by atoms with van der Waals surface area (Å²) in [5, 5.41) is 14.1. The van der Waals surface area contributed by atoms with Crippen molar-refractivity contribution in [1.29, 1.82) is 0 Å². The van der Waals surface area contributed by atoms with Crippen LogP contribution in [0.4, 0.5) is 0 Å². The second-order valence-electron chi connectivity index (χ2n) is 6.30. The molecule has 0 radical (unpaired) electrons. The van der Waals surface area contributed by atoms with Crippen LogP contribution < -0.4 is 15.4 Å². The van der Waals surface area contributed by atoms with E-state index in [1.54, 1.807) is 19.2 Å². The third kappa shape index (κ3) is 6.96. The summed E-state index contributed by atoms with van der Waals surface area (Å²) in [6, 6.07) is 6.34. The van der Waals surface area contributed by atoms with Gasteiger partial charge in [0.15, 0.2) is 0 Å². The molecular weight excluding hydrogens is 336 g/mol. The number of rotatable bonds is 9. The van der Waals surface area contributed by atoms with Crippen LogP contribution in [-0.2, 0) is 20.8 Å². The Balaban J connectivity index is 2.95. The SMILES string of the molecule is CNC(=O)[C@H](Cc1ccc(OC)cc1)NC(=O)/C(=C/C(=O)O)CC(C)C. The number of methoxy groups -OCH3 is 1. The van der Waals surface area contributed by atoms with Crippen LogP contribution in [0.15, 0.2) is 35.9 Å².